The van der Waals surface area contributed by atoms with Gasteiger partial charge < -0.3 is 0 Å². The van der Waals surface area contributed by atoms with Crippen molar-refractivity contribution >= 4 is 0 Å². The van der Waals surface area contributed by atoms with E-state index in [0.29, 0.717) is 12.3 Å². The molecule has 0 aromatic heterocycles. The molecule has 2 atom stereocenters. The van der Waals surface area contributed by atoms with Crippen LogP contribution in [0.5, 0.6) is 0 Å². The van der Waals surface area contributed by atoms with Crippen LogP contribution >= 0.6 is 0 Å². The minimum atomic E-state index is -3.13. The third kappa shape index (κ3) is 6.06. The lowest BCUT2D eigenvalue weighted by atomic mass is 9.94. The first-order valence-corrected chi connectivity index (χ1v) is 5.87. The highest BCUT2D eigenvalue weighted by molar-refractivity contribution is 4.72. The molecule has 0 aliphatic rings. The molecule has 0 aliphatic carbocycles. The zero-order chi connectivity index (χ0) is 11.9. The minimum absolute atomic E-state index is 0.424. The zero-order valence-corrected chi connectivity index (χ0v) is 10.0. The summed E-state index contributed by atoms with van der Waals surface area (Å²) in [6.45, 7) is 4.20. The molecule has 0 bridgehead atoms. The highest BCUT2D eigenvalue weighted by atomic mass is 19.3. The number of halogens is 3. The highest BCUT2D eigenvalue weighted by Gasteiger charge is 2.35. The molecule has 0 aromatic rings. The normalized spacial score (nSPS) is 16.4. The van der Waals surface area contributed by atoms with E-state index in [1.807, 2.05) is 0 Å². The van der Waals surface area contributed by atoms with Crippen LogP contribution in [0.4, 0.5) is 13.2 Å². The van der Waals surface area contributed by atoms with Gasteiger partial charge in [-0.2, -0.15) is 0 Å². The molecule has 92 valence electrons. The number of alkyl halides is 3. The Kier molecular flexibility index (Phi) is 7.03. The van der Waals surface area contributed by atoms with Crippen molar-refractivity contribution in [1.29, 1.82) is 0 Å². The average molecular weight is 224 g/mol. The van der Waals surface area contributed by atoms with Gasteiger partial charge in [0.05, 0.1) is 0 Å². The van der Waals surface area contributed by atoms with Crippen LogP contribution in [0.25, 0.3) is 0 Å². The summed E-state index contributed by atoms with van der Waals surface area (Å²) in [7, 11) is 0. The molecule has 0 spiro atoms. The smallest absolute Gasteiger partial charge is 0.244 e. The van der Waals surface area contributed by atoms with E-state index >= 15 is 0 Å². The molecule has 3 heteroatoms. The first-order valence-electron chi connectivity index (χ1n) is 5.87. The Morgan fingerprint density at radius 1 is 1.07 bits per heavy atom. The number of hydrogen-bond donors (Lipinski definition) is 0. The van der Waals surface area contributed by atoms with Crippen LogP contribution in [0.2, 0.25) is 0 Å². The summed E-state index contributed by atoms with van der Waals surface area (Å²) in [5.74, 6) is -3.29. The van der Waals surface area contributed by atoms with Crippen LogP contribution in [-0.4, -0.2) is 12.6 Å². The van der Waals surface area contributed by atoms with Crippen molar-refractivity contribution in [2.75, 3.05) is 6.67 Å². The molecule has 0 heterocycles. The molecule has 0 saturated heterocycles. The maximum absolute atomic E-state index is 12.8. The molecular weight excluding hydrogens is 201 g/mol. The van der Waals surface area contributed by atoms with Crippen LogP contribution in [0, 0.1) is 11.8 Å². The van der Waals surface area contributed by atoms with Gasteiger partial charge in [0.15, 0.2) is 6.67 Å². The van der Waals surface area contributed by atoms with E-state index < -0.39 is 18.5 Å². The van der Waals surface area contributed by atoms with Gasteiger partial charge in [0.2, 0.25) is 0 Å². The van der Waals surface area contributed by atoms with E-state index in [2.05, 4.69) is 13.8 Å². The summed E-state index contributed by atoms with van der Waals surface area (Å²) in [5, 5.41) is 0. The summed E-state index contributed by atoms with van der Waals surface area (Å²) in [5.41, 5.74) is 0. The van der Waals surface area contributed by atoms with E-state index in [4.69, 9.17) is 0 Å². The molecule has 0 rings (SSSR count). The maximum Gasteiger partial charge on any atom is 0.278 e. The van der Waals surface area contributed by atoms with Crippen molar-refractivity contribution in [2.24, 2.45) is 11.8 Å². The fraction of sp³-hybridized carbons (Fsp3) is 1.00. The molecule has 0 radical (unpaired) electrons. The fourth-order valence-corrected chi connectivity index (χ4v) is 1.49. The molecular formula is C12H23F3. The van der Waals surface area contributed by atoms with Crippen molar-refractivity contribution in [2.45, 2.75) is 58.8 Å². The van der Waals surface area contributed by atoms with Gasteiger partial charge in [-0.25, -0.2) is 13.2 Å². The average Bonchev–Trinajstić information content (AvgIpc) is 2.23. The Morgan fingerprint density at radius 2 is 1.60 bits per heavy atom. The highest BCUT2D eigenvalue weighted by Crippen LogP contribution is 2.29. The SMILES string of the molecule is CCC(C)CCCCC(C)C(F)(F)CF. The van der Waals surface area contributed by atoms with Crippen LogP contribution in [0.15, 0.2) is 0 Å². The Hall–Kier alpha value is -0.210. The molecule has 0 saturated carbocycles. The fourth-order valence-electron chi connectivity index (χ4n) is 1.49. The molecule has 2 unspecified atom stereocenters. The second kappa shape index (κ2) is 7.13. The lowest BCUT2D eigenvalue weighted by molar-refractivity contribution is -0.0729. The molecule has 15 heavy (non-hydrogen) atoms. The number of rotatable bonds is 8. The number of unbranched alkanes of at least 4 members (excludes halogenated alkanes) is 1. The predicted octanol–water partition coefficient (Wildman–Crippen LogP) is 4.83. The predicted molar refractivity (Wildman–Crippen MR) is 58.0 cm³/mol. The van der Waals surface area contributed by atoms with Crippen molar-refractivity contribution in [3.05, 3.63) is 0 Å². The van der Waals surface area contributed by atoms with Gasteiger partial charge >= 0.3 is 0 Å². The molecule has 0 amide bonds. The Morgan fingerprint density at radius 3 is 2.07 bits per heavy atom. The van der Waals surface area contributed by atoms with E-state index in [-0.39, 0.29) is 0 Å². The molecule has 0 aromatic carbocycles. The van der Waals surface area contributed by atoms with Gasteiger partial charge in [-0.15, -0.1) is 0 Å². The van der Waals surface area contributed by atoms with E-state index in [1.165, 1.54) is 6.92 Å². The van der Waals surface area contributed by atoms with E-state index in [9.17, 15) is 13.2 Å². The van der Waals surface area contributed by atoms with Crippen LogP contribution < -0.4 is 0 Å². The van der Waals surface area contributed by atoms with Gasteiger partial charge in [-0.05, 0) is 12.3 Å². The summed E-state index contributed by atoms with van der Waals surface area (Å²) in [4.78, 5) is 0. The summed E-state index contributed by atoms with van der Waals surface area (Å²) >= 11 is 0. The summed E-state index contributed by atoms with van der Waals surface area (Å²) < 4.78 is 37.6. The lowest BCUT2D eigenvalue weighted by Gasteiger charge is -2.20. The Bertz CT molecular complexity index is 157. The van der Waals surface area contributed by atoms with Crippen molar-refractivity contribution in [3.63, 3.8) is 0 Å². The topological polar surface area (TPSA) is 0 Å². The van der Waals surface area contributed by atoms with Crippen LogP contribution in [0.1, 0.15) is 52.9 Å². The standard InChI is InChI=1S/C12H23F3/c1-4-10(2)7-5-6-8-11(3)12(14,15)9-13/h10-11H,4-9H2,1-3H3. The molecule has 0 fully saturated rings. The third-order valence-corrected chi connectivity index (χ3v) is 3.18. The summed E-state index contributed by atoms with van der Waals surface area (Å²) in [6, 6.07) is 0. The van der Waals surface area contributed by atoms with Crippen molar-refractivity contribution in [3.8, 4) is 0 Å². The second-order valence-corrected chi connectivity index (χ2v) is 4.59. The van der Waals surface area contributed by atoms with Gasteiger partial charge in [0, 0.05) is 5.92 Å². The first kappa shape index (κ1) is 14.8. The van der Waals surface area contributed by atoms with Gasteiger partial charge in [-0.3, -0.25) is 0 Å². The van der Waals surface area contributed by atoms with Crippen molar-refractivity contribution < 1.29 is 13.2 Å². The van der Waals surface area contributed by atoms with Crippen molar-refractivity contribution in [1.82, 2.24) is 0 Å². The largest absolute Gasteiger partial charge is 0.278 e. The van der Waals surface area contributed by atoms with Gasteiger partial charge in [0.1, 0.15) is 0 Å². The second-order valence-electron chi connectivity index (χ2n) is 4.59. The van der Waals surface area contributed by atoms with Gasteiger partial charge in [-0.1, -0.05) is 46.5 Å². The zero-order valence-electron chi connectivity index (χ0n) is 10.0. The van der Waals surface area contributed by atoms with E-state index in [0.717, 1.165) is 25.7 Å². The van der Waals surface area contributed by atoms with Crippen LogP contribution in [-0.2, 0) is 0 Å². The van der Waals surface area contributed by atoms with Gasteiger partial charge in [0.25, 0.3) is 5.92 Å². The monoisotopic (exact) mass is 224 g/mol. The molecule has 0 aliphatic heterocycles. The minimum Gasteiger partial charge on any atom is -0.244 e. The maximum atomic E-state index is 12.8. The summed E-state index contributed by atoms with van der Waals surface area (Å²) in [6.07, 6.45) is 4.40. The third-order valence-electron chi connectivity index (χ3n) is 3.18. The van der Waals surface area contributed by atoms with E-state index in [1.54, 1.807) is 0 Å². The lowest BCUT2D eigenvalue weighted by Crippen LogP contribution is -2.28. The first-order chi connectivity index (χ1) is 6.94. The van der Waals surface area contributed by atoms with Crippen LogP contribution in [0.3, 0.4) is 0 Å². The Balaban J connectivity index is 3.59. The Labute approximate surface area is 91.3 Å². The molecule has 0 nitrogen and oxygen atoms in total. The quantitative estimate of drug-likeness (QED) is 0.518. The number of hydrogen-bond acceptors (Lipinski definition) is 0. The molecule has 0 N–H and O–H groups in total.